The number of amides is 2. The van der Waals surface area contributed by atoms with Crippen molar-refractivity contribution in [2.45, 2.75) is 12.8 Å². The van der Waals surface area contributed by atoms with Gasteiger partial charge in [-0.3, -0.25) is 14.6 Å². The van der Waals surface area contributed by atoms with Gasteiger partial charge in [-0.2, -0.15) is 0 Å². The predicted molar refractivity (Wildman–Crippen MR) is 146 cm³/mol. The maximum absolute atomic E-state index is 13.2. The van der Waals surface area contributed by atoms with E-state index in [0.29, 0.717) is 40.9 Å². The van der Waals surface area contributed by atoms with Gasteiger partial charge in [0.25, 0.3) is 0 Å². The van der Waals surface area contributed by atoms with Crippen LogP contribution in [0.25, 0.3) is 10.9 Å². The van der Waals surface area contributed by atoms with Gasteiger partial charge in [-0.1, -0.05) is 11.6 Å². The summed E-state index contributed by atoms with van der Waals surface area (Å²) >= 11 is 6.47. The number of hydrogen-bond acceptors (Lipinski definition) is 8. The Hall–Kier alpha value is -3.26. The van der Waals surface area contributed by atoms with Gasteiger partial charge in [0.05, 0.1) is 23.6 Å². The second-order valence-corrected chi connectivity index (χ2v) is 9.64. The number of nitrogens with zero attached hydrogens (tertiary/aromatic N) is 1. The number of carboxylic acid groups (broad SMARTS) is 1. The molecule has 1 aliphatic carbocycles. The Morgan fingerprint density at radius 3 is 2.21 bits per heavy atom. The number of pyridine rings is 1. The van der Waals surface area contributed by atoms with Crippen LogP contribution in [0.1, 0.15) is 12.8 Å². The molecule has 0 radical (unpaired) electrons. The van der Waals surface area contributed by atoms with E-state index in [4.69, 9.17) is 25.8 Å². The topological polar surface area (TPSA) is 139 Å². The second-order valence-electron chi connectivity index (χ2n) is 9.23. The molecule has 0 atom stereocenters. The summed E-state index contributed by atoms with van der Waals surface area (Å²) in [6.07, 6.45) is 2.25. The molecular weight excluding hydrogens is 596 g/mol. The number of fused-ring (bicyclic) bond motifs is 1. The Morgan fingerprint density at radius 1 is 0.929 bits per heavy atom. The van der Waals surface area contributed by atoms with Crippen LogP contribution in [0.4, 0.5) is 15.8 Å². The summed E-state index contributed by atoms with van der Waals surface area (Å²) in [4.78, 5) is 40.9. The summed E-state index contributed by atoms with van der Waals surface area (Å²) in [6.45, 7) is -0.656. The minimum Gasteiger partial charge on any atom is -0.546 e. The van der Waals surface area contributed by atoms with Crippen molar-refractivity contribution in [3.8, 4) is 23.0 Å². The van der Waals surface area contributed by atoms with Crippen molar-refractivity contribution in [3.63, 3.8) is 0 Å². The number of rotatable bonds is 10. The van der Waals surface area contributed by atoms with Crippen LogP contribution in [0, 0.1) is 11.2 Å². The number of carbonyl (C=O) groups is 3. The number of methoxy groups -OCH3 is 1. The molecule has 1 aliphatic rings. The van der Waals surface area contributed by atoms with Crippen LogP contribution in [-0.4, -0.2) is 36.5 Å². The molecule has 1 aromatic heterocycles. The molecule has 13 heteroatoms. The first-order valence-electron chi connectivity index (χ1n) is 12.3. The normalized spacial score (nSPS) is 12.9. The molecule has 5 rings (SSSR count). The van der Waals surface area contributed by atoms with Crippen LogP contribution in [0.5, 0.6) is 23.0 Å². The minimum absolute atomic E-state index is 0. The van der Waals surface area contributed by atoms with E-state index in [-0.39, 0.29) is 73.7 Å². The Balaban J connectivity index is 0.00000405. The number of carboxylic acids is 1. The van der Waals surface area contributed by atoms with Gasteiger partial charge < -0.3 is 34.7 Å². The van der Waals surface area contributed by atoms with Crippen LogP contribution >= 0.6 is 11.6 Å². The van der Waals surface area contributed by atoms with Gasteiger partial charge in [0.15, 0.2) is 11.5 Å². The first kappa shape index (κ1) is 31.7. The number of nitrogens with one attached hydrogen (secondary N) is 2. The fraction of sp³-hybridized carbons (Fsp3) is 0.172. The molecule has 0 saturated heterocycles. The second kappa shape index (κ2) is 13.4. The zero-order chi connectivity index (χ0) is 29.1. The van der Waals surface area contributed by atoms with E-state index in [1.54, 1.807) is 24.3 Å². The molecular formula is C29H22ClFKN3O7. The first-order chi connectivity index (χ1) is 19.7. The zero-order valence-electron chi connectivity index (χ0n) is 22.5. The van der Waals surface area contributed by atoms with Crippen molar-refractivity contribution >= 4 is 51.7 Å². The van der Waals surface area contributed by atoms with Gasteiger partial charge in [0.2, 0.25) is 11.8 Å². The molecule has 1 heterocycles. The molecule has 1 fully saturated rings. The summed E-state index contributed by atoms with van der Waals surface area (Å²) in [7, 11) is 1.41. The third kappa shape index (κ3) is 7.02. The average Bonchev–Trinajstić information content (AvgIpc) is 3.77. The molecule has 1 saturated carbocycles. The third-order valence-corrected chi connectivity index (χ3v) is 6.76. The summed E-state index contributed by atoms with van der Waals surface area (Å²) in [5.74, 6) is -1.67. The van der Waals surface area contributed by atoms with E-state index >= 15 is 0 Å². The number of carbonyl (C=O) groups excluding carboxylic acids is 3. The Kier molecular flexibility index (Phi) is 10.1. The van der Waals surface area contributed by atoms with Gasteiger partial charge in [-0.25, -0.2) is 4.39 Å². The Bertz CT molecular complexity index is 1670. The molecule has 210 valence electrons. The first-order valence-corrected chi connectivity index (χ1v) is 12.7. The van der Waals surface area contributed by atoms with E-state index in [9.17, 15) is 23.9 Å². The van der Waals surface area contributed by atoms with Crippen LogP contribution in [0.3, 0.4) is 0 Å². The molecule has 4 aromatic rings. The zero-order valence-corrected chi connectivity index (χ0v) is 26.4. The van der Waals surface area contributed by atoms with Crippen LogP contribution < -0.4 is 81.3 Å². The predicted octanol–water partition coefficient (Wildman–Crippen LogP) is 1.32. The Labute approximate surface area is 286 Å². The van der Waals surface area contributed by atoms with E-state index in [2.05, 4.69) is 15.6 Å². The molecule has 42 heavy (non-hydrogen) atoms. The van der Waals surface area contributed by atoms with E-state index < -0.39 is 35.6 Å². The Morgan fingerprint density at radius 2 is 1.60 bits per heavy atom. The fourth-order valence-corrected chi connectivity index (χ4v) is 4.34. The molecule has 0 aliphatic heterocycles. The van der Waals surface area contributed by atoms with Gasteiger partial charge >= 0.3 is 51.4 Å². The summed E-state index contributed by atoms with van der Waals surface area (Å²) in [6, 6.07) is 14.7. The third-order valence-electron chi connectivity index (χ3n) is 6.46. The van der Waals surface area contributed by atoms with Crippen molar-refractivity contribution in [2.24, 2.45) is 5.41 Å². The maximum atomic E-state index is 13.2. The minimum atomic E-state index is -1.38. The van der Waals surface area contributed by atoms with Crippen molar-refractivity contribution < 1.29 is 89.5 Å². The number of ether oxygens (including phenoxy) is 3. The van der Waals surface area contributed by atoms with Gasteiger partial charge in [0, 0.05) is 29.0 Å². The molecule has 2 amide bonds. The summed E-state index contributed by atoms with van der Waals surface area (Å²) in [5.41, 5.74) is -0.0220. The van der Waals surface area contributed by atoms with E-state index in [1.165, 1.54) is 49.7 Å². The monoisotopic (exact) mass is 617 g/mol. The number of aliphatic carboxylic acids is 1. The van der Waals surface area contributed by atoms with Crippen LogP contribution in [0.2, 0.25) is 5.02 Å². The van der Waals surface area contributed by atoms with Gasteiger partial charge in [-0.15, -0.1) is 0 Å². The number of anilines is 2. The van der Waals surface area contributed by atoms with Gasteiger partial charge in [-0.05, 0) is 67.4 Å². The van der Waals surface area contributed by atoms with Crippen molar-refractivity contribution in [1.29, 1.82) is 0 Å². The maximum Gasteiger partial charge on any atom is 1.00 e. The smallest absolute Gasteiger partial charge is 0.546 e. The van der Waals surface area contributed by atoms with E-state index in [1.807, 2.05) is 0 Å². The van der Waals surface area contributed by atoms with Crippen molar-refractivity contribution in [2.75, 3.05) is 24.4 Å². The number of hydrogen-bond donors (Lipinski definition) is 2. The largest absolute Gasteiger partial charge is 1.00 e. The standard InChI is InChI=1S/C29H23ClFN3O7.K/c1-39-24-13-19-21(14-25(24)40-15-26(35)36)32-11-8-22(19)41-23-7-6-18(12-20(23)30)34-28(38)29(9-10-29)27(37)33-17-4-2-16(31)3-5-17;/h2-8,11-14H,9-10,15H2,1H3,(H,33,37)(H,34,38)(H,35,36);/q;+1/p-1. The number of aromatic nitrogens is 1. The quantitative estimate of drug-likeness (QED) is 0.201. The van der Waals surface area contributed by atoms with Gasteiger partial charge in [0.1, 0.15) is 29.3 Å². The van der Waals surface area contributed by atoms with Crippen molar-refractivity contribution in [3.05, 3.63) is 77.7 Å². The summed E-state index contributed by atoms with van der Waals surface area (Å²) in [5, 5.41) is 16.9. The number of benzene rings is 3. The summed E-state index contributed by atoms with van der Waals surface area (Å²) < 4.78 is 29.8. The molecule has 0 spiro atoms. The molecule has 0 bridgehead atoms. The number of halogens is 2. The fourth-order valence-electron chi connectivity index (χ4n) is 4.12. The van der Waals surface area contributed by atoms with Crippen LogP contribution in [-0.2, 0) is 14.4 Å². The molecule has 10 nitrogen and oxygen atoms in total. The van der Waals surface area contributed by atoms with Crippen molar-refractivity contribution in [1.82, 2.24) is 4.98 Å². The molecule has 3 aromatic carbocycles. The SMILES string of the molecule is COc1cc2c(Oc3ccc(NC(=O)C4(C(=O)Nc5ccc(F)cc5)CC4)cc3Cl)ccnc2cc1OCC(=O)[O-].[K+]. The average molecular weight is 618 g/mol. The molecule has 2 N–H and O–H groups in total. The molecule has 0 unspecified atom stereocenters. The van der Waals surface area contributed by atoms with E-state index in [0.717, 1.165) is 0 Å². The van der Waals surface area contributed by atoms with Crippen LogP contribution in [0.15, 0.2) is 66.9 Å².